The van der Waals surface area contributed by atoms with Gasteiger partial charge in [-0.3, -0.25) is 0 Å². The minimum Gasteiger partial charge on any atom is -0.496 e. The van der Waals surface area contributed by atoms with Crippen molar-refractivity contribution in [3.63, 3.8) is 0 Å². The molecule has 0 bridgehead atoms. The van der Waals surface area contributed by atoms with Gasteiger partial charge in [0.1, 0.15) is 6.61 Å². The number of allylic oxidation sites excluding steroid dienone is 4. The van der Waals surface area contributed by atoms with E-state index in [-0.39, 0.29) is 6.61 Å². The molecule has 0 heterocycles. The highest BCUT2D eigenvalue weighted by Gasteiger charge is 1.84. The first-order valence-corrected chi connectivity index (χ1v) is 3.88. The lowest BCUT2D eigenvalue weighted by Crippen LogP contribution is -1.96. The topological polar surface area (TPSA) is 29.5 Å². The summed E-state index contributed by atoms with van der Waals surface area (Å²) >= 11 is 0. The monoisotopic (exact) mass is 156 g/mol. The fourth-order valence-electron chi connectivity index (χ4n) is 0.594. The van der Waals surface area contributed by atoms with Crippen molar-refractivity contribution in [1.82, 2.24) is 0 Å². The molecule has 1 N–H and O–H groups in total. The summed E-state index contributed by atoms with van der Waals surface area (Å²) in [5, 5.41) is 8.42. The molecule has 0 radical (unpaired) electrons. The maximum atomic E-state index is 8.42. The fourth-order valence-corrected chi connectivity index (χ4v) is 0.594. The Hall–Kier alpha value is -0.760. The summed E-state index contributed by atoms with van der Waals surface area (Å²) in [6, 6.07) is 0. The molecule has 0 aliphatic carbocycles. The first-order valence-electron chi connectivity index (χ1n) is 3.88. The second-order valence-corrected chi connectivity index (χ2v) is 2.19. The highest BCUT2D eigenvalue weighted by molar-refractivity contribution is 5.05. The molecular formula is C9H16O2. The van der Waals surface area contributed by atoms with Crippen LogP contribution in [0, 0.1) is 0 Å². The number of ether oxygens (including phenoxy) is 1. The third kappa shape index (κ3) is 7.13. The highest BCUT2D eigenvalue weighted by atomic mass is 16.5. The van der Waals surface area contributed by atoms with Gasteiger partial charge in [-0.2, -0.15) is 0 Å². The SMILES string of the molecule is CCC=CC=C(C)OCCO. The van der Waals surface area contributed by atoms with Crippen molar-refractivity contribution in [3.05, 3.63) is 24.0 Å². The molecule has 0 rings (SSSR count). The molecule has 0 aromatic carbocycles. The van der Waals surface area contributed by atoms with Crippen LogP contribution < -0.4 is 0 Å². The van der Waals surface area contributed by atoms with E-state index in [1.807, 2.05) is 25.2 Å². The van der Waals surface area contributed by atoms with Crippen molar-refractivity contribution in [2.45, 2.75) is 20.3 Å². The molecule has 0 unspecified atom stereocenters. The molecule has 0 fully saturated rings. The standard InChI is InChI=1S/C9H16O2/c1-3-4-5-6-9(2)11-8-7-10/h4-6,10H,3,7-8H2,1-2H3. The molecule has 2 nitrogen and oxygen atoms in total. The number of hydrogen-bond acceptors (Lipinski definition) is 2. The van der Waals surface area contributed by atoms with Gasteiger partial charge in [0.25, 0.3) is 0 Å². The van der Waals surface area contributed by atoms with Crippen LogP contribution in [0.2, 0.25) is 0 Å². The van der Waals surface area contributed by atoms with Gasteiger partial charge in [0.2, 0.25) is 0 Å². The van der Waals surface area contributed by atoms with Crippen molar-refractivity contribution in [1.29, 1.82) is 0 Å². The third-order valence-corrected chi connectivity index (χ3v) is 1.12. The van der Waals surface area contributed by atoms with Gasteiger partial charge in [-0.05, 0) is 19.4 Å². The summed E-state index contributed by atoms with van der Waals surface area (Å²) in [5.74, 6) is 0.837. The third-order valence-electron chi connectivity index (χ3n) is 1.12. The maximum absolute atomic E-state index is 8.42. The van der Waals surface area contributed by atoms with E-state index in [2.05, 4.69) is 6.92 Å². The molecule has 0 saturated heterocycles. The lowest BCUT2D eigenvalue weighted by Gasteiger charge is -2.01. The molecular weight excluding hydrogens is 140 g/mol. The molecule has 0 aliphatic heterocycles. The van der Waals surface area contributed by atoms with Crippen molar-refractivity contribution >= 4 is 0 Å². The first-order chi connectivity index (χ1) is 5.31. The Kier molecular flexibility index (Phi) is 6.84. The predicted molar refractivity (Wildman–Crippen MR) is 46.2 cm³/mol. The zero-order valence-electron chi connectivity index (χ0n) is 7.21. The van der Waals surface area contributed by atoms with Gasteiger partial charge < -0.3 is 9.84 Å². The molecule has 0 aromatic rings. The van der Waals surface area contributed by atoms with Crippen LogP contribution in [0.3, 0.4) is 0 Å². The Morgan fingerprint density at radius 1 is 1.55 bits per heavy atom. The van der Waals surface area contributed by atoms with Gasteiger partial charge in [-0.1, -0.05) is 19.1 Å². The minimum atomic E-state index is 0.0721. The molecule has 0 spiro atoms. The summed E-state index contributed by atoms with van der Waals surface area (Å²) in [5.41, 5.74) is 0. The van der Waals surface area contributed by atoms with E-state index in [0.29, 0.717) is 6.61 Å². The van der Waals surface area contributed by atoms with Gasteiger partial charge in [0.05, 0.1) is 12.4 Å². The number of hydrogen-bond donors (Lipinski definition) is 1. The quantitative estimate of drug-likeness (QED) is 0.486. The zero-order chi connectivity index (χ0) is 8.53. The molecule has 0 atom stereocenters. The number of aliphatic hydroxyl groups is 1. The molecule has 0 aliphatic rings. The largest absolute Gasteiger partial charge is 0.496 e. The molecule has 11 heavy (non-hydrogen) atoms. The van der Waals surface area contributed by atoms with E-state index < -0.39 is 0 Å². The minimum absolute atomic E-state index is 0.0721. The van der Waals surface area contributed by atoms with Gasteiger partial charge in [-0.25, -0.2) is 0 Å². The average molecular weight is 156 g/mol. The molecule has 64 valence electrons. The molecule has 2 heteroatoms. The van der Waals surface area contributed by atoms with E-state index in [4.69, 9.17) is 9.84 Å². The first kappa shape index (κ1) is 10.2. The van der Waals surface area contributed by atoms with Crippen LogP contribution in [0.15, 0.2) is 24.0 Å². The number of aliphatic hydroxyl groups excluding tert-OH is 1. The van der Waals surface area contributed by atoms with E-state index in [9.17, 15) is 0 Å². The van der Waals surface area contributed by atoms with Crippen LogP contribution in [-0.4, -0.2) is 18.3 Å². The van der Waals surface area contributed by atoms with Gasteiger partial charge in [0, 0.05) is 0 Å². The van der Waals surface area contributed by atoms with Crippen LogP contribution in [0.25, 0.3) is 0 Å². The zero-order valence-corrected chi connectivity index (χ0v) is 7.21. The molecule has 0 aromatic heterocycles. The van der Waals surface area contributed by atoms with Gasteiger partial charge in [0.15, 0.2) is 0 Å². The lowest BCUT2D eigenvalue weighted by molar-refractivity contribution is 0.146. The van der Waals surface area contributed by atoms with Gasteiger partial charge in [-0.15, -0.1) is 0 Å². The van der Waals surface area contributed by atoms with Gasteiger partial charge >= 0.3 is 0 Å². The van der Waals surface area contributed by atoms with Crippen LogP contribution in [0.1, 0.15) is 20.3 Å². The Morgan fingerprint density at radius 2 is 2.27 bits per heavy atom. The summed E-state index contributed by atoms with van der Waals surface area (Å²) < 4.78 is 5.10. The Labute approximate surface area is 68.2 Å². The molecule has 0 saturated carbocycles. The van der Waals surface area contributed by atoms with Crippen LogP contribution in [0.5, 0.6) is 0 Å². The van der Waals surface area contributed by atoms with E-state index in [1.165, 1.54) is 0 Å². The Bertz CT molecular complexity index is 136. The molecule has 0 amide bonds. The smallest absolute Gasteiger partial charge is 0.111 e. The summed E-state index contributed by atoms with van der Waals surface area (Å²) in [6.07, 6.45) is 6.92. The normalized spacial score (nSPS) is 12.5. The second kappa shape index (κ2) is 7.35. The summed E-state index contributed by atoms with van der Waals surface area (Å²) in [4.78, 5) is 0. The highest BCUT2D eigenvalue weighted by Crippen LogP contribution is 1.95. The van der Waals surface area contributed by atoms with E-state index in [0.717, 1.165) is 12.2 Å². The average Bonchev–Trinajstić information content (AvgIpc) is 2.01. The fraction of sp³-hybridized carbons (Fsp3) is 0.556. The van der Waals surface area contributed by atoms with Crippen molar-refractivity contribution in [2.24, 2.45) is 0 Å². The van der Waals surface area contributed by atoms with E-state index in [1.54, 1.807) is 0 Å². The lowest BCUT2D eigenvalue weighted by atomic mass is 10.4. The van der Waals surface area contributed by atoms with Crippen LogP contribution in [-0.2, 0) is 4.74 Å². The Balaban J connectivity index is 3.53. The van der Waals surface area contributed by atoms with Crippen LogP contribution >= 0.6 is 0 Å². The van der Waals surface area contributed by atoms with Crippen molar-refractivity contribution in [2.75, 3.05) is 13.2 Å². The van der Waals surface area contributed by atoms with E-state index >= 15 is 0 Å². The summed E-state index contributed by atoms with van der Waals surface area (Å²) in [7, 11) is 0. The Morgan fingerprint density at radius 3 is 2.82 bits per heavy atom. The van der Waals surface area contributed by atoms with Crippen molar-refractivity contribution < 1.29 is 9.84 Å². The summed E-state index contributed by atoms with van der Waals surface area (Å²) in [6.45, 7) is 4.40. The van der Waals surface area contributed by atoms with Crippen LogP contribution in [0.4, 0.5) is 0 Å². The second-order valence-electron chi connectivity index (χ2n) is 2.19. The maximum Gasteiger partial charge on any atom is 0.111 e. The van der Waals surface area contributed by atoms with Crippen molar-refractivity contribution in [3.8, 4) is 0 Å². The predicted octanol–water partition coefficient (Wildman–Crippen LogP) is 1.87. The number of rotatable bonds is 5.